The van der Waals surface area contributed by atoms with Gasteiger partial charge in [-0.05, 0) is 6.42 Å². The van der Waals surface area contributed by atoms with E-state index in [4.69, 9.17) is 12.2 Å². The molecule has 0 spiro atoms. The predicted octanol–water partition coefficient (Wildman–Crippen LogP) is 0.862. The molecule has 2 atom stereocenters. The van der Waals surface area contributed by atoms with Gasteiger partial charge >= 0.3 is 0 Å². The molecule has 8 heavy (non-hydrogen) atoms. The van der Waals surface area contributed by atoms with Gasteiger partial charge < -0.3 is 5.32 Å². The third-order valence-electron chi connectivity index (χ3n) is 1.75. The molecule has 0 radical (unpaired) electrons. The van der Waals surface area contributed by atoms with Crippen LogP contribution in [0.5, 0.6) is 0 Å². The zero-order valence-electron chi connectivity index (χ0n) is 4.42. The molecule has 1 heterocycles. The van der Waals surface area contributed by atoms with Gasteiger partial charge in [-0.2, -0.15) is 0 Å². The minimum atomic E-state index is 0.576. The fraction of sp³-hybridized carbons (Fsp3) is 0.500. The summed E-state index contributed by atoms with van der Waals surface area (Å²) in [4.78, 5) is 1.04. The Hall–Kier alpha value is -0.370. The highest BCUT2D eigenvalue weighted by molar-refractivity contribution is 7.80. The normalized spacial score (nSPS) is 40.8. The number of rotatable bonds is 0. The van der Waals surface area contributed by atoms with Crippen molar-refractivity contribution in [2.45, 2.75) is 12.5 Å². The Morgan fingerprint density at radius 1 is 1.62 bits per heavy atom. The van der Waals surface area contributed by atoms with Crippen molar-refractivity contribution < 1.29 is 0 Å². The molecule has 2 aliphatic rings. The highest BCUT2D eigenvalue weighted by Crippen LogP contribution is 2.25. The summed E-state index contributed by atoms with van der Waals surface area (Å²) in [7, 11) is 0. The van der Waals surface area contributed by atoms with Crippen LogP contribution in [0.25, 0.3) is 0 Å². The number of thiocarbonyl (C=S) groups is 1. The molecule has 1 saturated heterocycles. The summed E-state index contributed by atoms with van der Waals surface area (Å²) in [6, 6.07) is 0.576. The van der Waals surface area contributed by atoms with Crippen LogP contribution in [-0.4, -0.2) is 11.0 Å². The first-order chi connectivity index (χ1) is 3.86. The largest absolute Gasteiger partial charge is 0.373 e. The van der Waals surface area contributed by atoms with E-state index in [0.717, 1.165) is 4.99 Å². The van der Waals surface area contributed by atoms with Gasteiger partial charge in [0.25, 0.3) is 0 Å². The number of fused-ring (bicyclic) bond motifs is 2. The molecular formula is C6H7NS. The quantitative estimate of drug-likeness (QED) is 0.380. The van der Waals surface area contributed by atoms with E-state index in [2.05, 4.69) is 17.5 Å². The van der Waals surface area contributed by atoms with Crippen molar-refractivity contribution in [3.8, 4) is 0 Å². The summed E-state index contributed by atoms with van der Waals surface area (Å²) < 4.78 is 0. The standard InChI is InChI=1S/C6H7NS/c8-6-4-1-2-5(3-4)7-6/h1-2,4-5H,3H2,(H,7,8)/t4-,5+/m1/s1. The summed E-state index contributed by atoms with van der Waals surface area (Å²) in [5.41, 5.74) is 0. The first kappa shape index (κ1) is 4.50. The molecular weight excluding hydrogens is 118 g/mol. The average molecular weight is 125 g/mol. The Morgan fingerprint density at radius 3 is 2.75 bits per heavy atom. The maximum atomic E-state index is 5.01. The van der Waals surface area contributed by atoms with Crippen molar-refractivity contribution in [3.63, 3.8) is 0 Å². The van der Waals surface area contributed by atoms with E-state index in [0.29, 0.717) is 12.0 Å². The third-order valence-corrected chi connectivity index (χ3v) is 2.17. The lowest BCUT2D eigenvalue weighted by Crippen LogP contribution is -2.25. The first-order valence-corrected chi connectivity index (χ1v) is 3.26. The van der Waals surface area contributed by atoms with Gasteiger partial charge in [-0.1, -0.05) is 24.4 Å². The van der Waals surface area contributed by atoms with Crippen LogP contribution in [-0.2, 0) is 0 Å². The van der Waals surface area contributed by atoms with E-state index in [1.807, 2.05) is 0 Å². The molecule has 1 aliphatic carbocycles. The molecule has 0 unspecified atom stereocenters. The Labute approximate surface area is 53.8 Å². The Bertz CT molecular complexity index is 162. The van der Waals surface area contributed by atoms with Crippen LogP contribution in [0.2, 0.25) is 0 Å². The lowest BCUT2D eigenvalue weighted by molar-refractivity contribution is 0.755. The highest BCUT2D eigenvalue weighted by atomic mass is 32.1. The minimum absolute atomic E-state index is 0.576. The van der Waals surface area contributed by atoms with E-state index in [1.165, 1.54) is 6.42 Å². The Balaban J connectivity index is 2.35. The van der Waals surface area contributed by atoms with Gasteiger partial charge in [0.2, 0.25) is 0 Å². The van der Waals surface area contributed by atoms with Crippen LogP contribution in [0, 0.1) is 5.92 Å². The molecule has 0 aromatic rings. The molecule has 0 amide bonds. The van der Waals surface area contributed by atoms with Gasteiger partial charge in [-0.3, -0.25) is 0 Å². The van der Waals surface area contributed by atoms with E-state index < -0.39 is 0 Å². The maximum Gasteiger partial charge on any atom is 0.0828 e. The number of hydrogen-bond acceptors (Lipinski definition) is 1. The van der Waals surface area contributed by atoms with Gasteiger partial charge in [0.15, 0.2) is 0 Å². The smallest absolute Gasteiger partial charge is 0.0828 e. The van der Waals surface area contributed by atoms with Crippen molar-refractivity contribution in [2.24, 2.45) is 5.92 Å². The van der Waals surface area contributed by atoms with Gasteiger partial charge in [-0.15, -0.1) is 0 Å². The van der Waals surface area contributed by atoms with Gasteiger partial charge in [-0.25, -0.2) is 0 Å². The lowest BCUT2D eigenvalue weighted by Gasteiger charge is -2.05. The summed E-state index contributed by atoms with van der Waals surface area (Å²) in [5, 5.41) is 3.20. The van der Waals surface area contributed by atoms with Crippen LogP contribution < -0.4 is 5.32 Å². The lowest BCUT2D eigenvalue weighted by atomic mass is 10.2. The molecule has 42 valence electrons. The van der Waals surface area contributed by atoms with Crippen LogP contribution in [0.1, 0.15) is 6.42 Å². The molecule has 1 N–H and O–H groups in total. The average Bonchev–Trinajstić information content (AvgIpc) is 2.23. The van der Waals surface area contributed by atoms with Crippen LogP contribution in [0.15, 0.2) is 12.2 Å². The second kappa shape index (κ2) is 1.32. The molecule has 2 heteroatoms. The van der Waals surface area contributed by atoms with Gasteiger partial charge in [0, 0.05) is 12.0 Å². The van der Waals surface area contributed by atoms with E-state index >= 15 is 0 Å². The number of hydrogen-bond donors (Lipinski definition) is 1. The molecule has 1 nitrogen and oxygen atoms in total. The summed E-state index contributed by atoms with van der Waals surface area (Å²) >= 11 is 5.01. The zero-order valence-corrected chi connectivity index (χ0v) is 5.24. The van der Waals surface area contributed by atoms with Gasteiger partial charge in [0.1, 0.15) is 0 Å². The second-order valence-electron chi connectivity index (χ2n) is 2.34. The Morgan fingerprint density at radius 2 is 2.50 bits per heavy atom. The van der Waals surface area contributed by atoms with E-state index in [9.17, 15) is 0 Å². The van der Waals surface area contributed by atoms with Crippen LogP contribution in [0.4, 0.5) is 0 Å². The van der Waals surface area contributed by atoms with Crippen LogP contribution in [0.3, 0.4) is 0 Å². The molecule has 0 aromatic carbocycles. The van der Waals surface area contributed by atoms with E-state index in [1.54, 1.807) is 0 Å². The van der Waals surface area contributed by atoms with Crippen molar-refractivity contribution in [1.82, 2.24) is 5.32 Å². The second-order valence-corrected chi connectivity index (χ2v) is 2.78. The minimum Gasteiger partial charge on any atom is -0.373 e. The number of nitrogens with one attached hydrogen (secondary N) is 1. The van der Waals surface area contributed by atoms with Crippen molar-refractivity contribution >= 4 is 17.2 Å². The fourth-order valence-corrected chi connectivity index (χ4v) is 1.62. The molecule has 0 aromatic heterocycles. The maximum absolute atomic E-state index is 5.01. The predicted molar refractivity (Wildman–Crippen MR) is 36.8 cm³/mol. The van der Waals surface area contributed by atoms with Crippen molar-refractivity contribution in [1.29, 1.82) is 0 Å². The summed E-state index contributed by atoms with van der Waals surface area (Å²) in [5.74, 6) is 0.579. The summed E-state index contributed by atoms with van der Waals surface area (Å²) in [6.07, 6.45) is 5.60. The SMILES string of the molecule is S=C1N[C@H]2C=C[C@@H]1C2. The molecule has 0 saturated carbocycles. The Kier molecular flexibility index (Phi) is 0.742. The fourth-order valence-electron chi connectivity index (χ4n) is 1.29. The molecule has 2 rings (SSSR count). The van der Waals surface area contributed by atoms with Crippen molar-refractivity contribution in [3.05, 3.63) is 12.2 Å². The molecule has 2 bridgehead atoms. The van der Waals surface area contributed by atoms with E-state index in [-0.39, 0.29) is 0 Å². The van der Waals surface area contributed by atoms with Gasteiger partial charge in [0.05, 0.1) is 4.99 Å². The van der Waals surface area contributed by atoms with Crippen LogP contribution >= 0.6 is 12.2 Å². The highest BCUT2D eigenvalue weighted by Gasteiger charge is 2.29. The molecule has 1 fully saturated rings. The first-order valence-electron chi connectivity index (χ1n) is 2.85. The monoisotopic (exact) mass is 125 g/mol. The molecule has 1 aliphatic heterocycles. The zero-order chi connectivity index (χ0) is 5.56. The topological polar surface area (TPSA) is 12.0 Å². The van der Waals surface area contributed by atoms with Crippen molar-refractivity contribution in [2.75, 3.05) is 0 Å². The summed E-state index contributed by atoms with van der Waals surface area (Å²) in [6.45, 7) is 0. The third kappa shape index (κ3) is 0.436.